The van der Waals surface area contributed by atoms with E-state index in [4.69, 9.17) is 14.9 Å². The highest BCUT2D eigenvalue weighted by Gasteiger charge is 2.36. The van der Waals surface area contributed by atoms with E-state index in [1.54, 1.807) is 6.92 Å². The van der Waals surface area contributed by atoms with Crippen LogP contribution in [0, 0.1) is 11.8 Å². The third-order valence-corrected chi connectivity index (χ3v) is 4.41. The molecule has 0 radical (unpaired) electrons. The average molecular weight is 354 g/mol. The van der Waals surface area contributed by atoms with Gasteiger partial charge in [-0.3, -0.25) is 9.52 Å². The Labute approximate surface area is 133 Å². The third kappa shape index (κ3) is 5.92. The van der Waals surface area contributed by atoms with Crippen LogP contribution in [0.15, 0.2) is 4.99 Å². The number of aliphatic imine (C=N–C) groups is 1. The predicted molar refractivity (Wildman–Crippen MR) is 80.0 cm³/mol. The van der Waals surface area contributed by atoms with Crippen LogP contribution in [0.1, 0.15) is 13.8 Å². The van der Waals surface area contributed by atoms with Crippen molar-refractivity contribution in [2.45, 2.75) is 38.1 Å². The van der Waals surface area contributed by atoms with Gasteiger partial charge in [-0.05, 0) is 13.8 Å². The molecule has 0 spiro atoms. The highest BCUT2D eigenvalue weighted by molar-refractivity contribution is 7.46. The highest BCUT2D eigenvalue weighted by Crippen LogP contribution is 2.38. The van der Waals surface area contributed by atoms with Gasteiger partial charge >= 0.3 is 13.8 Å². The van der Waals surface area contributed by atoms with Gasteiger partial charge in [0.1, 0.15) is 0 Å². The summed E-state index contributed by atoms with van der Waals surface area (Å²) in [5.74, 6) is -2.35. The van der Waals surface area contributed by atoms with Crippen LogP contribution in [0.5, 0.6) is 0 Å². The van der Waals surface area contributed by atoms with Crippen molar-refractivity contribution >= 4 is 20.0 Å². The molecule has 10 nitrogen and oxygen atoms in total. The minimum absolute atomic E-state index is 0.222. The zero-order valence-electron chi connectivity index (χ0n) is 12.8. The van der Waals surface area contributed by atoms with E-state index in [-0.39, 0.29) is 18.6 Å². The molecule has 6 N–H and O–H groups in total. The Morgan fingerprint density at radius 2 is 2.13 bits per heavy atom. The molecule has 1 saturated heterocycles. The maximum Gasteiger partial charge on any atom is 0.469 e. The van der Waals surface area contributed by atoms with Gasteiger partial charge in [0.25, 0.3) is 0 Å². The molecule has 11 heteroatoms. The fraction of sp³-hybridized carbons (Fsp3) is 0.833. The molecule has 0 aromatic rings. The van der Waals surface area contributed by atoms with Crippen LogP contribution in [0.3, 0.4) is 0 Å². The van der Waals surface area contributed by atoms with E-state index in [1.165, 1.54) is 13.1 Å². The summed E-state index contributed by atoms with van der Waals surface area (Å²) in [7, 11) is -4.85. The first-order chi connectivity index (χ1) is 10.6. The van der Waals surface area contributed by atoms with E-state index in [2.05, 4.69) is 14.8 Å². The molecule has 1 aliphatic heterocycles. The molecule has 1 fully saturated rings. The Morgan fingerprint density at radius 3 is 2.61 bits per heavy atom. The van der Waals surface area contributed by atoms with E-state index in [0.29, 0.717) is 6.54 Å². The smallest absolute Gasteiger partial charge is 0.469 e. The number of rotatable bonds is 7. The molecule has 0 aromatic heterocycles. The predicted octanol–water partition coefficient (Wildman–Crippen LogP) is -1.41. The van der Waals surface area contributed by atoms with Crippen LogP contribution >= 0.6 is 7.82 Å². The molecular weight excluding hydrogens is 331 g/mol. The second kappa shape index (κ2) is 8.29. The number of carboxylic acids is 1. The number of hydrogen-bond donors (Lipinski definition) is 6. The van der Waals surface area contributed by atoms with Crippen molar-refractivity contribution in [1.82, 2.24) is 5.32 Å². The van der Waals surface area contributed by atoms with Gasteiger partial charge in [-0.25, -0.2) is 9.36 Å². The van der Waals surface area contributed by atoms with Gasteiger partial charge in [0.2, 0.25) is 0 Å². The molecule has 6 unspecified atom stereocenters. The van der Waals surface area contributed by atoms with E-state index in [0.717, 1.165) is 0 Å². The largest absolute Gasteiger partial charge is 0.480 e. The first kappa shape index (κ1) is 20.2. The van der Waals surface area contributed by atoms with Crippen molar-refractivity contribution in [2.24, 2.45) is 16.8 Å². The molecule has 0 saturated carbocycles. The summed E-state index contributed by atoms with van der Waals surface area (Å²) < 4.78 is 15.2. The van der Waals surface area contributed by atoms with Gasteiger partial charge in [-0.15, -0.1) is 0 Å². The van der Waals surface area contributed by atoms with Gasteiger partial charge in [-0.1, -0.05) is 0 Å². The fourth-order valence-electron chi connectivity index (χ4n) is 2.45. The molecule has 23 heavy (non-hydrogen) atoms. The molecule has 134 valence electrons. The first-order valence-electron chi connectivity index (χ1n) is 7.09. The number of aliphatic hydroxyl groups is 2. The monoisotopic (exact) mass is 354 g/mol. The van der Waals surface area contributed by atoms with Crippen LogP contribution in [-0.2, 0) is 13.9 Å². The molecule has 1 heterocycles. The Kier molecular flexibility index (Phi) is 7.28. The summed E-state index contributed by atoms with van der Waals surface area (Å²) in [6, 6.07) is -1.80. The van der Waals surface area contributed by atoms with Crippen molar-refractivity contribution in [3.05, 3.63) is 0 Å². The number of aliphatic hydroxyl groups excluding tert-OH is 2. The maximum atomic E-state index is 11.2. The number of phosphoric ester groups is 1. The van der Waals surface area contributed by atoms with Crippen molar-refractivity contribution in [3.8, 4) is 0 Å². The average Bonchev–Trinajstić information content (AvgIpc) is 2.41. The van der Waals surface area contributed by atoms with E-state index < -0.39 is 38.0 Å². The number of hydrogen-bond acceptors (Lipinski definition) is 7. The number of nitrogens with one attached hydrogen (secondary N) is 1. The van der Waals surface area contributed by atoms with E-state index >= 15 is 0 Å². The molecule has 1 rings (SSSR count). The summed E-state index contributed by atoms with van der Waals surface area (Å²) in [6.07, 6.45) is -1.02. The molecule has 0 amide bonds. The van der Waals surface area contributed by atoms with E-state index in [1.807, 2.05) is 0 Å². The lowest BCUT2D eigenvalue weighted by atomic mass is 9.82. The number of aliphatic carboxylic acids is 1. The number of phosphoric acid groups is 1. The Morgan fingerprint density at radius 1 is 1.52 bits per heavy atom. The number of nitrogens with zero attached hydrogens (tertiary/aromatic N) is 1. The normalized spacial score (nSPS) is 31.9. The lowest BCUT2D eigenvalue weighted by Crippen LogP contribution is -2.54. The second-order valence-corrected chi connectivity index (χ2v) is 6.78. The SMILES string of the molecule is CC1NCC(CO)C(C=NC(C(=O)O)C(C)OP(=O)(O)O)C1O. The minimum Gasteiger partial charge on any atom is -0.480 e. The second-order valence-electron chi connectivity index (χ2n) is 5.59. The van der Waals surface area contributed by atoms with E-state index in [9.17, 15) is 19.6 Å². The maximum absolute atomic E-state index is 11.2. The van der Waals surface area contributed by atoms with Crippen LogP contribution in [0.2, 0.25) is 0 Å². The lowest BCUT2D eigenvalue weighted by Gasteiger charge is -2.37. The van der Waals surface area contributed by atoms with Crippen molar-refractivity contribution in [1.29, 1.82) is 0 Å². The van der Waals surface area contributed by atoms with Gasteiger partial charge in [-0.2, -0.15) is 0 Å². The van der Waals surface area contributed by atoms with Crippen LogP contribution < -0.4 is 5.32 Å². The molecular formula is C12H23N2O8P. The molecule has 0 aliphatic carbocycles. The summed E-state index contributed by atoms with van der Waals surface area (Å²) in [5, 5.41) is 31.6. The van der Waals surface area contributed by atoms with Gasteiger partial charge in [0.15, 0.2) is 6.04 Å². The number of carboxylic acid groups (broad SMARTS) is 1. The molecule has 6 atom stereocenters. The lowest BCUT2D eigenvalue weighted by molar-refractivity contribution is -0.140. The number of carbonyl (C=O) groups is 1. The first-order valence-corrected chi connectivity index (χ1v) is 8.62. The Hall–Kier alpha value is -0.870. The molecule has 1 aliphatic rings. The van der Waals surface area contributed by atoms with Crippen molar-refractivity contribution in [2.75, 3.05) is 13.2 Å². The van der Waals surface area contributed by atoms with Gasteiger partial charge in [0.05, 0.1) is 12.2 Å². The highest BCUT2D eigenvalue weighted by atomic mass is 31.2. The minimum atomic E-state index is -4.85. The summed E-state index contributed by atoms with van der Waals surface area (Å²) in [4.78, 5) is 32.6. The Balaban J connectivity index is 2.90. The van der Waals surface area contributed by atoms with Crippen LogP contribution in [0.4, 0.5) is 0 Å². The summed E-state index contributed by atoms with van der Waals surface area (Å²) in [5.41, 5.74) is 0. The fourth-order valence-corrected chi connectivity index (χ4v) is 3.00. The van der Waals surface area contributed by atoms with Crippen molar-refractivity contribution < 1.29 is 39.0 Å². The topological polar surface area (TPSA) is 169 Å². The van der Waals surface area contributed by atoms with Crippen LogP contribution in [-0.4, -0.2) is 74.7 Å². The van der Waals surface area contributed by atoms with Gasteiger partial charge < -0.3 is 30.4 Å². The van der Waals surface area contributed by atoms with Gasteiger partial charge in [0, 0.05) is 37.2 Å². The third-order valence-electron chi connectivity index (χ3n) is 3.81. The zero-order valence-corrected chi connectivity index (χ0v) is 13.7. The summed E-state index contributed by atoms with van der Waals surface area (Å²) in [6.45, 7) is 3.13. The van der Waals surface area contributed by atoms with Crippen molar-refractivity contribution in [3.63, 3.8) is 0 Å². The summed E-state index contributed by atoms with van der Waals surface area (Å²) >= 11 is 0. The van der Waals surface area contributed by atoms with Crippen LogP contribution in [0.25, 0.3) is 0 Å². The molecule has 0 aromatic carbocycles. The quantitative estimate of drug-likeness (QED) is 0.237. The zero-order chi connectivity index (χ0) is 17.8. The standard InChI is InChI=1S/C12H23N2O8P/c1-6-11(16)9(8(5-15)3-13-6)4-14-10(12(17)18)7(2)22-23(19,20)21/h4,6-11,13,15-16H,3,5H2,1-2H3,(H,17,18)(H2,19,20,21). The number of piperidine rings is 1. The molecule has 0 bridgehead atoms. The Bertz CT molecular complexity index is 480.